The number of aryl methyl sites for hydroxylation is 1. The van der Waals surface area contributed by atoms with Crippen molar-refractivity contribution in [3.8, 4) is 11.5 Å². The van der Waals surface area contributed by atoms with E-state index < -0.39 is 0 Å². The maximum Gasteiger partial charge on any atom is 0.262 e. The topological polar surface area (TPSA) is 76.7 Å². The second-order valence-electron chi connectivity index (χ2n) is 7.39. The number of amides is 2. The molecule has 3 aromatic carbocycles. The first-order chi connectivity index (χ1) is 15.1. The summed E-state index contributed by atoms with van der Waals surface area (Å²) in [5.74, 6) is 1.15. The minimum atomic E-state index is -0.248. The number of carbonyl (C=O) groups excluding carboxylic acids is 2. The van der Waals surface area contributed by atoms with Crippen molar-refractivity contribution in [3.05, 3.63) is 83.4 Å². The largest absolute Gasteiger partial charge is 0.496 e. The molecular weight excluding hydrogens is 392 g/mol. The van der Waals surface area contributed by atoms with Crippen molar-refractivity contribution >= 4 is 23.2 Å². The fourth-order valence-electron chi connectivity index (χ4n) is 3.61. The molecule has 3 aromatic rings. The van der Waals surface area contributed by atoms with Crippen LogP contribution < -0.4 is 20.1 Å². The maximum absolute atomic E-state index is 12.4. The van der Waals surface area contributed by atoms with Gasteiger partial charge in [0.25, 0.3) is 5.91 Å². The molecule has 31 heavy (non-hydrogen) atoms. The molecule has 0 aliphatic carbocycles. The monoisotopic (exact) mass is 416 g/mol. The predicted octanol–water partition coefficient (Wildman–Crippen LogP) is 4.19. The van der Waals surface area contributed by atoms with Crippen LogP contribution in [0.1, 0.15) is 23.1 Å². The van der Waals surface area contributed by atoms with E-state index in [1.165, 1.54) is 0 Å². The minimum absolute atomic E-state index is 0.0201. The summed E-state index contributed by atoms with van der Waals surface area (Å²) in [6, 6.07) is 21.1. The summed E-state index contributed by atoms with van der Waals surface area (Å²) in [5.41, 5.74) is 4.66. The van der Waals surface area contributed by atoms with E-state index >= 15 is 0 Å². The van der Waals surface area contributed by atoms with E-state index in [0.29, 0.717) is 30.7 Å². The van der Waals surface area contributed by atoms with Gasteiger partial charge in [0.05, 0.1) is 7.11 Å². The van der Waals surface area contributed by atoms with Gasteiger partial charge in [0, 0.05) is 29.8 Å². The first-order valence-corrected chi connectivity index (χ1v) is 10.2. The summed E-state index contributed by atoms with van der Waals surface area (Å²) in [7, 11) is 1.64. The molecule has 0 radical (unpaired) electrons. The lowest BCUT2D eigenvalue weighted by Gasteiger charge is -2.17. The van der Waals surface area contributed by atoms with Crippen LogP contribution in [0.4, 0.5) is 11.4 Å². The van der Waals surface area contributed by atoms with Crippen molar-refractivity contribution in [1.82, 2.24) is 0 Å². The standard InChI is InChI=1S/C25H24N2O4/c1-30-23-11-8-20(14-19(23)13-17-5-3-2-4-6-17)26-25(29)16-31-21-9-10-22-18(15-21)7-12-24(28)27-22/h2-6,8-11,14-15H,7,12-13,16H2,1H3,(H,26,29)(H,27,28). The third kappa shape index (κ3) is 5.22. The number of carbonyl (C=O) groups is 2. The highest BCUT2D eigenvalue weighted by molar-refractivity contribution is 5.94. The molecule has 0 saturated carbocycles. The Morgan fingerprint density at radius 2 is 1.87 bits per heavy atom. The number of nitrogens with one attached hydrogen (secondary N) is 2. The van der Waals surface area contributed by atoms with Crippen LogP contribution >= 0.6 is 0 Å². The first kappa shape index (κ1) is 20.5. The Bertz CT molecular complexity index is 1100. The number of hydrogen-bond donors (Lipinski definition) is 2. The summed E-state index contributed by atoms with van der Waals surface area (Å²) in [4.78, 5) is 23.9. The van der Waals surface area contributed by atoms with Crippen LogP contribution in [-0.2, 0) is 22.4 Å². The molecule has 2 amide bonds. The predicted molar refractivity (Wildman–Crippen MR) is 120 cm³/mol. The van der Waals surface area contributed by atoms with Gasteiger partial charge in [0.1, 0.15) is 11.5 Å². The number of methoxy groups -OCH3 is 1. The number of anilines is 2. The van der Waals surface area contributed by atoms with E-state index in [2.05, 4.69) is 22.8 Å². The second-order valence-corrected chi connectivity index (χ2v) is 7.39. The highest BCUT2D eigenvalue weighted by atomic mass is 16.5. The smallest absolute Gasteiger partial charge is 0.262 e. The van der Waals surface area contributed by atoms with E-state index in [0.717, 1.165) is 28.1 Å². The number of fused-ring (bicyclic) bond motifs is 1. The molecule has 6 nitrogen and oxygen atoms in total. The third-order valence-corrected chi connectivity index (χ3v) is 5.14. The van der Waals surface area contributed by atoms with Crippen LogP contribution in [0.25, 0.3) is 0 Å². The van der Waals surface area contributed by atoms with Gasteiger partial charge >= 0.3 is 0 Å². The molecule has 0 unspecified atom stereocenters. The van der Waals surface area contributed by atoms with Crippen LogP contribution in [0.3, 0.4) is 0 Å². The Kier molecular flexibility index (Phi) is 6.17. The summed E-state index contributed by atoms with van der Waals surface area (Å²) in [6.45, 7) is -0.106. The average Bonchev–Trinajstić information content (AvgIpc) is 2.78. The number of ether oxygens (including phenoxy) is 2. The van der Waals surface area contributed by atoms with Crippen molar-refractivity contribution in [2.45, 2.75) is 19.3 Å². The SMILES string of the molecule is COc1ccc(NC(=O)COc2ccc3c(c2)CCC(=O)N3)cc1Cc1ccccc1. The number of benzene rings is 3. The quantitative estimate of drug-likeness (QED) is 0.606. The average molecular weight is 416 g/mol. The first-order valence-electron chi connectivity index (χ1n) is 10.2. The Balaban J connectivity index is 1.38. The molecular formula is C25H24N2O4. The van der Waals surface area contributed by atoms with Gasteiger partial charge in [-0.3, -0.25) is 9.59 Å². The Hall–Kier alpha value is -3.80. The molecule has 0 fully saturated rings. The third-order valence-electron chi connectivity index (χ3n) is 5.14. The molecule has 0 saturated heterocycles. The van der Waals surface area contributed by atoms with Gasteiger partial charge in [-0.2, -0.15) is 0 Å². The molecule has 4 rings (SSSR count). The molecule has 1 heterocycles. The summed E-state index contributed by atoms with van der Waals surface area (Å²) < 4.78 is 11.1. The van der Waals surface area contributed by atoms with E-state index in [4.69, 9.17) is 9.47 Å². The van der Waals surface area contributed by atoms with Crippen LogP contribution in [0, 0.1) is 0 Å². The van der Waals surface area contributed by atoms with Crippen LogP contribution in [-0.4, -0.2) is 25.5 Å². The van der Waals surface area contributed by atoms with E-state index in [-0.39, 0.29) is 18.4 Å². The minimum Gasteiger partial charge on any atom is -0.496 e. The van der Waals surface area contributed by atoms with Gasteiger partial charge in [0.15, 0.2) is 6.61 Å². The lowest BCUT2D eigenvalue weighted by atomic mass is 10.0. The van der Waals surface area contributed by atoms with Gasteiger partial charge in [0.2, 0.25) is 5.91 Å². The fourth-order valence-corrected chi connectivity index (χ4v) is 3.61. The van der Waals surface area contributed by atoms with Gasteiger partial charge in [-0.15, -0.1) is 0 Å². The normalized spacial score (nSPS) is 12.5. The Morgan fingerprint density at radius 3 is 2.68 bits per heavy atom. The summed E-state index contributed by atoms with van der Waals surface area (Å²) >= 11 is 0. The highest BCUT2D eigenvalue weighted by Crippen LogP contribution is 2.27. The molecule has 1 aliphatic heterocycles. The maximum atomic E-state index is 12.4. The lowest BCUT2D eigenvalue weighted by Crippen LogP contribution is -2.21. The van der Waals surface area contributed by atoms with Crippen LogP contribution in [0.15, 0.2) is 66.7 Å². The van der Waals surface area contributed by atoms with Gasteiger partial charge in [-0.05, 0) is 53.9 Å². The van der Waals surface area contributed by atoms with Crippen molar-refractivity contribution in [2.75, 3.05) is 24.4 Å². The highest BCUT2D eigenvalue weighted by Gasteiger charge is 2.15. The molecule has 1 aliphatic rings. The number of rotatable bonds is 7. The zero-order chi connectivity index (χ0) is 21.6. The molecule has 158 valence electrons. The zero-order valence-electron chi connectivity index (χ0n) is 17.3. The van der Waals surface area contributed by atoms with Crippen molar-refractivity contribution in [1.29, 1.82) is 0 Å². The second kappa shape index (κ2) is 9.34. The van der Waals surface area contributed by atoms with E-state index in [9.17, 15) is 9.59 Å². The molecule has 6 heteroatoms. The van der Waals surface area contributed by atoms with Gasteiger partial charge in [-0.1, -0.05) is 30.3 Å². The van der Waals surface area contributed by atoms with E-state index in [1.807, 2.05) is 42.5 Å². The molecule has 2 N–H and O–H groups in total. The van der Waals surface area contributed by atoms with Crippen molar-refractivity contribution < 1.29 is 19.1 Å². The van der Waals surface area contributed by atoms with Gasteiger partial charge in [-0.25, -0.2) is 0 Å². The van der Waals surface area contributed by atoms with Crippen molar-refractivity contribution in [3.63, 3.8) is 0 Å². The molecule has 0 bridgehead atoms. The van der Waals surface area contributed by atoms with E-state index in [1.54, 1.807) is 19.2 Å². The Morgan fingerprint density at radius 1 is 1.03 bits per heavy atom. The molecule has 0 spiro atoms. The van der Waals surface area contributed by atoms with Gasteiger partial charge < -0.3 is 20.1 Å². The molecule has 0 aromatic heterocycles. The summed E-state index contributed by atoms with van der Waals surface area (Å²) in [6.07, 6.45) is 1.83. The fraction of sp³-hybridized carbons (Fsp3) is 0.200. The van der Waals surface area contributed by atoms with Crippen LogP contribution in [0.2, 0.25) is 0 Å². The number of hydrogen-bond acceptors (Lipinski definition) is 4. The summed E-state index contributed by atoms with van der Waals surface area (Å²) in [5, 5.41) is 5.71. The lowest BCUT2D eigenvalue weighted by molar-refractivity contribution is -0.118. The van der Waals surface area contributed by atoms with Crippen LogP contribution in [0.5, 0.6) is 11.5 Å². The molecule has 0 atom stereocenters. The van der Waals surface area contributed by atoms with Crippen molar-refractivity contribution in [2.24, 2.45) is 0 Å². The Labute approximate surface area is 181 Å². The zero-order valence-corrected chi connectivity index (χ0v) is 17.3.